The minimum atomic E-state index is -1.15. The van der Waals surface area contributed by atoms with Crippen molar-refractivity contribution in [3.63, 3.8) is 0 Å². The summed E-state index contributed by atoms with van der Waals surface area (Å²) in [6.45, 7) is 0. The van der Waals surface area contributed by atoms with Gasteiger partial charge in [0.2, 0.25) is 0 Å². The normalized spacial score (nSPS) is 12.4. The van der Waals surface area contributed by atoms with Gasteiger partial charge in [-0.05, 0) is 22.4 Å². The predicted octanol–water partition coefficient (Wildman–Crippen LogP) is 1.74. The number of carbonyl (C=O) groups is 1. The van der Waals surface area contributed by atoms with E-state index in [0.717, 1.165) is 10.8 Å². The molecule has 1 atom stereocenters. The molecule has 0 fully saturated rings. The van der Waals surface area contributed by atoms with Gasteiger partial charge in [0.05, 0.1) is 5.56 Å². The molecule has 1 heterocycles. The smallest absolute Gasteiger partial charge is 0.320 e. The van der Waals surface area contributed by atoms with Crippen LogP contribution >= 0.6 is 0 Å². The van der Waals surface area contributed by atoms with Gasteiger partial charge in [-0.1, -0.05) is 36.4 Å². The Kier molecular flexibility index (Phi) is 3.52. The van der Waals surface area contributed by atoms with Crippen LogP contribution in [0.1, 0.15) is 5.76 Å². The molecule has 6 nitrogen and oxygen atoms in total. The fourth-order valence-corrected chi connectivity index (χ4v) is 2.40. The van der Waals surface area contributed by atoms with Gasteiger partial charge >= 0.3 is 5.97 Å². The third kappa shape index (κ3) is 2.51. The van der Waals surface area contributed by atoms with Crippen molar-refractivity contribution in [2.24, 2.45) is 5.73 Å². The lowest BCUT2D eigenvalue weighted by atomic mass is 9.99. The number of nitrogens with two attached hydrogens (primary N) is 1. The van der Waals surface area contributed by atoms with Gasteiger partial charge in [-0.25, -0.2) is 0 Å². The molecule has 22 heavy (non-hydrogen) atoms. The van der Waals surface area contributed by atoms with E-state index < -0.39 is 17.6 Å². The fraction of sp³-hybridized carbons (Fsp3) is 0.125. The van der Waals surface area contributed by atoms with E-state index >= 15 is 0 Å². The van der Waals surface area contributed by atoms with Crippen LogP contribution in [0.3, 0.4) is 0 Å². The van der Waals surface area contributed by atoms with Crippen molar-refractivity contribution in [2.75, 3.05) is 0 Å². The van der Waals surface area contributed by atoms with Crippen LogP contribution in [-0.2, 0) is 11.2 Å². The Morgan fingerprint density at radius 2 is 1.95 bits per heavy atom. The molecule has 0 amide bonds. The van der Waals surface area contributed by atoms with Crippen LogP contribution in [0, 0.1) is 0 Å². The molecule has 0 aliphatic rings. The minimum absolute atomic E-state index is 0.0593. The van der Waals surface area contributed by atoms with Crippen molar-refractivity contribution in [1.29, 1.82) is 0 Å². The van der Waals surface area contributed by atoms with Crippen LogP contribution in [0.25, 0.3) is 21.9 Å². The maximum Gasteiger partial charge on any atom is 0.320 e. The summed E-state index contributed by atoms with van der Waals surface area (Å²) in [5.74, 6) is -0.900. The Balaban J connectivity index is 2.08. The maximum atomic E-state index is 12.0. The summed E-state index contributed by atoms with van der Waals surface area (Å²) in [5.41, 5.74) is 6.11. The molecule has 3 rings (SSSR count). The first-order chi connectivity index (χ1) is 10.6. The van der Waals surface area contributed by atoms with Gasteiger partial charge in [-0.3, -0.25) is 9.59 Å². The summed E-state index contributed by atoms with van der Waals surface area (Å²) in [6, 6.07) is 12.2. The lowest BCUT2D eigenvalue weighted by Crippen LogP contribution is -2.32. The highest BCUT2D eigenvalue weighted by atomic mass is 16.5. The third-order valence-electron chi connectivity index (χ3n) is 3.53. The number of aromatic nitrogens is 1. The second kappa shape index (κ2) is 5.50. The van der Waals surface area contributed by atoms with Crippen LogP contribution in [0.4, 0.5) is 0 Å². The van der Waals surface area contributed by atoms with E-state index in [0.29, 0.717) is 11.1 Å². The molecule has 6 heteroatoms. The minimum Gasteiger partial charge on any atom is -0.480 e. The quantitative estimate of drug-likeness (QED) is 0.679. The standard InChI is InChI=1S/C16H14N2O4/c17-12(16(20)21)8-13-14(15(19)18-22-13)11-6-5-9-3-1-2-4-10(9)7-11/h1-7,12H,8,17H2,(H,18,19)(H,20,21). The monoisotopic (exact) mass is 298 g/mol. The van der Waals surface area contributed by atoms with Crippen LogP contribution < -0.4 is 11.3 Å². The van der Waals surface area contributed by atoms with E-state index in [1.54, 1.807) is 6.07 Å². The summed E-state index contributed by atoms with van der Waals surface area (Å²) in [6.07, 6.45) is -0.0593. The number of hydrogen-bond donors (Lipinski definition) is 3. The molecule has 0 bridgehead atoms. The van der Waals surface area contributed by atoms with Gasteiger partial charge in [0.15, 0.2) is 0 Å². The van der Waals surface area contributed by atoms with Gasteiger partial charge < -0.3 is 15.4 Å². The Morgan fingerprint density at radius 1 is 1.23 bits per heavy atom. The first-order valence-electron chi connectivity index (χ1n) is 6.74. The van der Waals surface area contributed by atoms with Crippen molar-refractivity contribution in [2.45, 2.75) is 12.5 Å². The van der Waals surface area contributed by atoms with E-state index in [2.05, 4.69) is 5.16 Å². The van der Waals surface area contributed by atoms with E-state index in [1.165, 1.54) is 0 Å². The number of benzene rings is 2. The van der Waals surface area contributed by atoms with Crippen molar-refractivity contribution in [3.05, 3.63) is 58.6 Å². The van der Waals surface area contributed by atoms with Gasteiger partial charge in [0.1, 0.15) is 11.8 Å². The van der Waals surface area contributed by atoms with Gasteiger partial charge in [0, 0.05) is 6.42 Å². The second-order valence-electron chi connectivity index (χ2n) is 5.04. The molecule has 1 aromatic heterocycles. The average Bonchev–Trinajstić information content (AvgIpc) is 2.87. The number of fused-ring (bicyclic) bond motifs is 1. The summed E-state index contributed by atoms with van der Waals surface area (Å²) >= 11 is 0. The zero-order valence-electron chi connectivity index (χ0n) is 11.6. The molecular weight excluding hydrogens is 284 g/mol. The molecule has 4 N–H and O–H groups in total. The van der Waals surface area contributed by atoms with Crippen LogP contribution in [0.5, 0.6) is 0 Å². The Hall–Kier alpha value is -2.86. The number of carboxylic acid groups (broad SMARTS) is 1. The molecule has 0 spiro atoms. The largest absolute Gasteiger partial charge is 0.480 e. The van der Waals surface area contributed by atoms with E-state index in [1.807, 2.05) is 36.4 Å². The Bertz CT molecular complexity index is 894. The summed E-state index contributed by atoms with van der Waals surface area (Å²) in [4.78, 5) is 22.9. The fourth-order valence-electron chi connectivity index (χ4n) is 2.40. The number of carboxylic acids is 1. The maximum absolute atomic E-state index is 12.0. The first kappa shape index (κ1) is 14.1. The Labute approximate surface area is 125 Å². The second-order valence-corrected chi connectivity index (χ2v) is 5.04. The average molecular weight is 298 g/mol. The molecule has 3 aromatic rings. The van der Waals surface area contributed by atoms with Gasteiger partial charge in [-0.2, -0.15) is 5.16 Å². The predicted molar refractivity (Wildman–Crippen MR) is 81.6 cm³/mol. The highest BCUT2D eigenvalue weighted by molar-refractivity contribution is 5.87. The number of H-pyrrole nitrogens is 1. The molecule has 2 aromatic carbocycles. The van der Waals surface area contributed by atoms with Crippen molar-refractivity contribution < 1.29 is 14.4 Å². The van der Waals surface area contributed by atoms with Crippen LogP contribution in [0.15, 0.2) is 51.8 Å². The van der Waals surface area contributed by atoms with E-state index in [4.69, 9.17) is 15.4 Å². The SMILES string of the molecule is NC(Cc1o[nH]c(=O)c1-c1ccc2ccccc2c1)C(=O)O. The molecule has 0 aliphatic heterocycles. The van der Waals surface area contributed by atoms with Gasteiger partial charge in [-0.15, -0.1) is 0 Å². The zero-order valence-corrected chi connectivity index (χ0v) is 11.6. The van der Waals surface area contributed by atoms with Crippen molar-refractivity contribution in [1.82, 2.24) is 5.16 Å². The van der Waals surface area contributed by atoms with Crippen LogP contribution in [-0.4, -0.2) is 22.3 Å². The molecule has 0 aliphatic carbocycles. The van der Waals surface area contributed by atoms with E-state index in [-0.39, 0.29) is 12.2 Å². The molecule has 0 radical (unpaired) electrons. The van der Waals surface area contributed by atoms with Gasteiger partial charge in [0.25, 0.3) is 5.56 Å². The van der Waals surface area contributed by atoms with Crippen molar-refractivity contribution in [3.8, 4) is 11.1 Å². The highest BCUT2D eigenvalue weighted by Gasteiger charge is 2.21. The topological polar surface area (TPSA) is 109 Å². The number of rotatable bonds is 4. The first-order valence-corrected chi connectivity index (χ1v) is 6.74. The zero-order chi connectivity index (χ0) is 15.7. The Morgan fingerprint density at radius 3 is 2.68 bits per heavy atom. The summed E-state index contributed by atoms with van der Waals surface area (Å²) < 4.78 is 5.10. The summed E-state index contributed by atoms with van der Waals surface area (Å²) in [5, 5.41) is 13.2. The molecule has 1 unspecified atom stereocenters. The molecule has 0 saturated carbocycles. The van der Waals surface area contributed by atoms with Crippen LogP contribution in [0.2, 0.25) is 0 Å². The lowest BCUT2D eigenvalue weighted by molar-refractivity contribution is -0.138. The molecule has 112 valence electrons. The third-order valence-corrected chi connectivity index (χ3v) is 3.53. The highest BCUT2D eigenvalue weighted by Crippen LogP contribution is 2.25. The van der Waals surface area contributed by atoms with Crippen molar-refractivity contribution >= 4 is 16.7 Å². The lowest BCUT2D eigenvalue weighted by Gasteiger charge is -2.06. The molecular formula is C16H14N2O4. The molecule has 0 saturated heterocycles. The number of aliphatic carboxylic acids is 1. The number of hydrogen-bond acceptors (Lipinski definition) is 4. The number of aromatic amines is 1. The summed E-state index contributed by atoms with van der Waals surface area (Å²) in [7, 11) is 0. The number of nitrogens with one attached hydrogen (secondary N) is 1. The van der Waals surface area contributed by atoms with E-state index in [9.17, 15) is 9.59 Å².